The van der Waals surface area contributed by atoms with Gasteiger partial charge in [-0.05, 0) is 24.3 Å². The van der Waals surface area contributed by atoms with Crippen molar-refractivity contribution in [2.45, 2.75) is 18.0 Å². The summed E-state index contributed by atoms with van der Waals surface area (Å²) in [6.45, 7) is -0.770. The van der Waals surface area contributed by atoms with Crippen LogP contribution >= 0.6 is 11.8 Å². The molecule has 0 aliphatic heterocycles. The molecule has 0 saturated carbocycles. The molecule has 1 heterocycles. The Bertz CT molecular complexity index is 1390. The van der Waals surface area contributed by atoms with Crippen LogP contribution in [0.2, 0.25) is 0 Å². The van der Waals surface area contributed by atoms with Crippen LogP contribution in [0.1, 0.15) is 12.1 Å². The highest BCUT2D eigenvalue weighted by atomic mass is 32.2. The average Bonchev–Trinajstić information content (AvgIpc) is 2.85. The van der Waals surface area contributed by atoms with Gasteiger partial charge in [-0.1, -0.05) is 11.8 Å². The highest BCUT2D eigenvalue weighted by Crippen LogP contribution is 2.17. The van der Waals surface area contributed by atoms with Crippen molar-refractivity contribution in [3.05, 3.63) is 75.7 Å². The van der Waals surface area contributed by atoms with Gasteiger partial charge in [0.2, 0.25) is 5.91 Å². The SMILES string of the molecule is O=C(COC(=O)CCc1nnc(SCC(=O)Nc2cc(F)ccc2F)[nH]c1=O)Nc1cc(F)ccc1F. The van der Waals surface area contributed by atoms with Crippen LogP contribution in [-0.4, -0.2) is 45.3 Å². The van der Waals surface area contributed by atoms with Gasteiger partial charge in [-0.2, -0.15) is 0 Å². The molecule has 0 atom stereocenters. The van der Waals surface area contributed by atoms with Crippen LogP contribution in [0.3, 0.4) is 0 Å². The van der Waals surface area contributed by atoms with Gasteiger partial charge >= 0.3 is 5.97 Å². The highest BCUT2D eigenvalue weighted by molar-refractivity contribution is 7.99. The second-order valence-corrected chi connectivity index (χ2v) is 8.16. The molecule has 0 fully saturated rings. The molecule has 15 heteroatoms. The molecular formula is C22H17F4N5O5S. The van der Waals surface area contributed by atoms with Gasteiger partial charge in [0, 0.05) is 18.6 Å². The van der Waals surface area contributed by atoms with E-state index in [9.17, 15) is 36.7 Å². The van der Waals surface area contributed by atoms with Crippen LogP contribution in [-0.2, 0) is 25.5 Å². The zero-order valence-electron chi connectivity index (χ0n) is 18.6. The zero-order valence-corrected chi connectivity index (χ0v) is 19.5. The predicted octanol–water partition coefficient (Wildman–Crippen LogP) is 2.57. The van der Waals surface area contributed by atoms with E-state index in [0.29, 0.717) is 0 Å². The lowest BCUT2D eigenvalue weighted by Gasteiger charge is -2.07. The van der Waals surface area contributed by atoms with Gasteiger partial charge in [-0.3, -0.25) is 24.2 Å². The molecule has 2 aromatic carbocycles. The summed E-state index contributed by atoms with van der Waals surface area (Å²) in [4.78, 5) is 50.1. The first-order valence-corrected chi connectivity index (χ1v) is 11.3. The number of hydrogen-bond donors (Lipinski definition) is 3. The Morgan fingerprint density at radius 1 is 0.892 bits per heavy atom. The minimum absolute atomic E-state index is 0.0348. The third kappa shape index (κ3) is 8.42. The second kappa shape index (κ2) is 12.6. The Hall–Kier alpha value is -4.27. The number of aromatic nitrogens is 3. The summed E-state index contributed by atoms with van der Waals surface area (Å²) in [5, 5.41) is 11.6. The maximum absolute atomic E-state index is 13.6. The number of ether oxygens (including phenoxy) is 1. The van der Waals surface area contributed by atoms with Crippen molar-refractivity contribution in [3.8, 4) is 0 Å². The molecule has 0 bridgehead atoms. The van der Waals surface area contributed by atoms with E-state index in [1.54, 1.807) is 0 Å². The number of thioether (sulfide) groups is 1. The molecular weight excluding hydrogens is 522 g/mol. The number of halogens is 4. The number of esters is 1. The van der Waals surface area contributed by atoms with E-state index in [2.05, 4.69) is 25.8 Å². The van der Waals surface area contributed by atoms with Crippen molar-refractivity contribution >= 4 is 40.9 Å². The second-order valence-electron chi connectivity index (χ2n) is 7.20. The van der Waals surface area contributed by atoms with E-state index < -0.39 is 58.9 Å². The Kier molecular flexibility index (Phi) is 9.32. The van der Waals surface area contributed by atoms with Crippen LogP contribution in [0.4, 0.5) is 28.9 Å². The summed E-state index contributed by atoms with van der Waals surface area (Å²) in [5.41, 5.74) is -1.58. The van der Waals surface area contributed by atoms with Gasteiger partial charge in [0.05, 0.1) is 23.5 Å². The van der Waals surface area contributed by atoms with Crippen molar-refractivity contribution in [2.75, 3.05) is 23.0 Å². The Balaban J connectivity index is 1.43. The molecule has 0 aliphatic carbocycles. The summed E-state index contributed by atoms with van der Waals surface area (Å²) in [7, 11) is 0. The number of rotatable bonds is 10. The molecule has 3 N–H and O–H groups in total. The number of hydrogen-bond acceptors (Lipinski definition) is 8. The zero-order chi connectivity index (χ0) is 26.9. The standard InChI is InChI=1S/C22H17F4N5O5S/c23-11-1-3-13(25)16(7-11)27-18(32)9-36-20(34)6-5-15-21(35)29-22(31-30-15)37-10-19(33)28-17-8-12(24)2-4-14(17)26/h1-4,7-8H,5-6,9-10H2,(H,27,32)(H,28,33)(H,29,31,35). The van der Waals surface area contributed by atoms with E-state index >= 15 is 0 Å². The van der Waals surface area contributed by atoms with Gasteiger partial charge in [-0.25, -0.2) is 17.6 Å². The molecule has 0 spiro atoms. The number of aryl methyl sites for hydroxylation is 1. The van der Waals surface area contributed by atoms with Crippen molar-refractivity contribution in [1.82, 2.24) is 15.2 Å². The highest BCUT2D eigenvalue weighted by Gasteiger charge is 2.14. The van der Waals surface area contributed by atoms with Gasteiger partial charge in [0.15, 0.2) is 11.8 Å². The smallest absolute Gasteiger partial charge is 0.306 e. The van der Waals surface area contributed by atoms with Crippen LogP contribution in [0.25, 0.3) is 0 Å². The van der Waals surface area contributed by atoms with Crippen molar-refractivity contribution < 1.29 is 36.7 Å². The lowest BCUT2D eigenvalue weighted by atomic mass is 10.2. The fourth-order valence-electron chi connectivity index (χ4n) is 2.71. The van der Waals surface area contributed by atoms with Crippen LogP contribution in [0, 0.1) is 23.3 Å². The maximum atomic E-state index is 13.6. The average molecular weight is 539 g/mol. The quantitative estimate of drug-likeness (QED) is 0.203. The number of benzene rings is 2. The van der Waals surface area contributed by atoms with E-state index in [1.165, 1.54) is 0 Å². The molecule has 3 rings (SSSR count). The lowest BCUT2D eigenvalue weighted by molar-refractivity contribution is -0.147. The van der Waals surface area contributed by atoms with Crippen LogP contribution < -0.4 is 16.2 Å². The van der Waals surface area contributed by atoms with E-state index in [0.717, 1.165) is 48.2 Å². The van der Waals surface area contributed by atoms with Gasteiger partial charge in [0.25, 0.3) is 11.5 Å². The Morgan fingerprint density at radius 2 is 1.49 bits per heavy atom. The topological polar surface area (TPSA) is 143 Å². The third-order valence-corrected chi connectivity index (χ3v) is 5.28. The number of aromatic amines is 1. The number of carbonyl (C=O) groups excluding carboxylic acids is 3. The molecule has 0 saturated heterocycles. The van der Waals surface area contributed by atoms with Crippen molar-refractivity contribution in [1.29, 1.82) is 0 Å². The molecule has 37 heavy (non-hydrogen) atoms. The first-order chi connectivity index (χ1) is 17.6. The molecule has 2 amide bonds. The fourth-order valence-corrected chi connectivity index (χ4v) is 3.31. The van der Waals surface area contributed by atoms with E-state index in [1.807, 2.05) is 0 Å². The monoisotopic (exact) mass is 539 g/mol. The minimum Gasteiger partial charge on any atom is -0.456 e. The number of H-pyrrole nitrogens is 1. The van der Waals surface area contributed by atoms with E-state index in [-0.39, 0.29) is 35.1 Å². The maximum Gasteiger partial charge on any atom is 0.306 e. The van der Waals surface area contributed by atoms with Gasteiger partial charge < -0.3 is 15.4 Å². The van der Waals surface area contributed by atoms with Crippen LogP contribution in [0.15, 0.2) is 46.3 Å². The van der Waals surface area contributed by atoms with Crippen LogP contribution in [0.5, 0.6) is 0 Å². The molecule has 0 radical (unpaired) electrons. The molecule has 0 aliphatic rings. The summed E-state index contributed by atoms with van der Waals surface area (Å²) >= 11 is 0.775. The minimum atomic E-state index is -0.902. The number of anilines is 2. The first kappa shape index (κ1) is 27.3. The summed E-state index contributed by atoms with van der Waals surface area (Å²) in [6.07, 6.45) is -0.529. The third-order valence-electron chi connectivity index (χ3n) is 4.42. The van der Waals surface area contributed by atoms with E-state index in [4.69, 9.17) is 4.74 Å². The van der Waals surface area contributed by atoms with Gasteiger partial charge in [0.1, 0.15) is 29.0 Å². The number of nitrogens with zero attached hydrogens (tertiary/aromatic N) is 2. The number of amides is 2. The Morgan fingerprint density at radius 3 is 2.08 bits per heavy atom. The summed E-state index contributed by atoms with van der Waals surface area (Å²) in [6, 6.07) is 5.03. The lowest BCUT2D eigenvalue weighted by Crippen LogP contribution is -2.23. The normalized spacial score (nSPS) is 10.6. The molecule has 3 aromatic rings. The van der Waals surface area contributed by atoms with Crippen molar-refractivity contribution in [2.24, 2.45) is 0 Å². The first-order valence-electron chi connectivity index (χ1n) is 10.3. The molecule has 10 nitrogen and oxygen atoms in total. The largest absolute Gasteiger partial charge is 0.456 e. The number of nitrogens with one attached hydrogen (secondary N) is 3. The number of carbonyl (C=O) groups is 3. The molecule has 1 aromatic heterocycles. The molecule has 194 valence electrons. The predicted molar refractivity (Wildman–Crippen MR) is 123 cm³/mol. The van der Waals surface area contributed by atoms with Crippen molar-refractivity contribution in [3.63, 3.8) is 0 Å². The molecule has 0 unspecified atom stereocenters. The summed E-state index contributed by atoms with van der Waals surface area (Å²) < 4.78 is 58.2. The summed E-state index contributed by atoms with van der Waals surface area (Å²) in [5.74, 6) is -5.95. The fraction of sp³-hybridized carbons (Fsp3) is 0.182. The Labute approximate surface area is 209 Å². The van der Waals surface area contributed by atoms with Gasteiger partial charge in [-0.15, -0.1) is 10.2 Å².